The summed E-state index contributed by atoms with van der Waals surface area (Å²) in [6.07, 6.45) is 6.66. The molecule has 158 valence electrons. The molecule has 0 unspecified atom stereocenters. The van der Waals surface area contributed by atoms with Gasteiger partial charge in [-0.25, -0.2) is 4.98 Å². The normalized spacial score (nSPS) is 22.0. The van der Waals surface area contributed by atoms with Gasteiger partial charge >= 0.3 is 0 Å². The second-order valence-electron chi connectivity index (χ2n) is 7.99. The Morgan fingerprint density at radius 1 is 1.40 bits per heavy atom. The first-order valence-corrected chi connectivity index (χ1v) is 10.3. The van der Waals surface area contributed by atoms with Crippen LogP contribution in [0.1, 0.15) is 35.2 Å². The highest BCUT2D eigenvalue weighted by Crippen LogP contribution is 2.41. The van der Waals surface area contributed by atoms with Gasteiger partial charge < -0.3 is 15.0 Å². The van der Waals surface area contributed by atoms with Gasteiger partial charge in [0.05, 0.1) is 18.7 Å². The number of carbonyl (C=O) groups excluding carboxylic acids is 2. The van der Waals surface area contributed by atoms with E-state index in [0.29, 0.717) is 38.2 Å². The number of fused-ring (bicyclic) bond motifs is 2. The van der Waals surface area contributed by atoms with Crippen LogP contribution >= 0.6 is 0 Å². The number of nitrogens with one attached hydrogen (secondary N) is 1. The molecule has 1 aliphatic carbocycles. The molecule has 4 heterocycles. The third kappa shape index (κ3) is 3.75. The van der Waals surface area contributed by atoms with Crippen LogP contribution in [0.15, 0.2) is 42.0 Å². The average Bonchev–Trinajstić information content (AvgIpc) is 3.32. The summed E-state index contributed by atoms with van der Waals surface area (Å²) in [6.45, 7) is 7.13. The number of aryl methyl sites for hydroxylation is 1. The number of pyridine rings is 1. The fraction of sp³-hybridized carbons (Fsp3) is 0.455. The van der Waals surface area contributed by atoms with E-state index in [1.54, 1.807) is 18.3 Å². The van der Waals surface area contributed by atoms with Crippen LogP contribution in [-0.2, 0) is 9.53 Å². The molecule has 2 aliphatic heterocycles. The molecule has 0 spiro atoms. The van der Waals surface area contributed by atoms with Crippen molar-refractivity contribution in [3.05, 3.63) is 58.7 Å². The Kier molecular flexibility index (Phi) is 5.67. The van der Waals surface area contributed by atoms with Gasteiger partial charge in [0.15, 0.2) is 0 Å². The van der Waals surface area contributed by atoms with E-state index >= 15 is 0 Å². The van der Waals surface area contributed by atoms with E-state index in [-0.39, 0.29) is 35.0 Å². The zero-order chi connectivity index (χ0) is 21.3. The predicted octanol–water partition coefficient (Wildman–Crippen LogP) is 1.31. The number of rotatable bonds is 8. The largest absolute Gasteiger partial charge is 0.377 e. The molecule has 3 fully saturated rings. The molecule has 5 rings (SSSR count). The molecule has 8 heteroatoms. The van der Waals surface area contributed by atoms with Crippen molar-refractivity contribution >= 4 is 17.5 Å². The molecule has 8 nitrogen and oxygen atoms in total. The molecule has 3 atom stereocenters. The third-order valence-electron chi connectivity index (χ3n) is 5.93. The van der Waals surface area contributed by atoms with Gasteiger partial charge in [0.1, 0.15) is 11.2 Å². The Labute approximate surface area is 174 Å². The summed E-state index contributed by atoms with van der Waals surface area (Å²) in [7, 11) is 0. The number of carbonyl (C=O) groups is 2. The molecule has 2 aromatic heterocycles. The lowest BCUT2D eigenvalue weighted by Gasteiger charge is -2.36. The molecular formula is C22H26N4O4. The smallest absolute Gasteiger partial charge is 0.270 e. The Morgan fingerprint density at radius 3 is 3.03 bits per heavy atom. The summed E-state index contributed by atoms with van der Waals surface area (Å²) < 4.78 is 6.71. The molecule has 2 bridgehead atoms. The number of hydrogen-bond acceptors (Lipinski definition) is 5. The van der Waals surface area contributed by atoms with Gasteiger partial charge in [-0.2, -0.15) is 0 Å². The van der Waals surface area contributed by atoms with Crippen molar-refractivity contribution in [2.24, 2.45) is 5.92 Å². The van der Waals surface area contributed by atoms with Crippen LogP contribution in [-0.4, -0.2) is 57.9 Å². The molecule has 30 heavy (non-hydrogen) atoms. The second-order valence-corrected chi connectivity index (χ2v) is 7.99. The van der Waals surface area contributed by atoms with Crippen molar-refractivity contribution in [1.82, 2.24) is 19.6 Å². The minimum Gasteiger partial charge on any atom is -0.377 e. The molecule has 0 radical (unpaired) electrons. The first-order valence-electron chi connectivity index (χ1n) is 10.3. The fourth-order valence-electron chi connectivity index (χ4n) is 4.32. The van der Waals surface area contributed by atoms with Crippen LogP contribution in [0.25, 0.3) is 5.65 Å². The van der Waals surface area contributed by atoms with E-state index in [0.717, 1.165) is 12.0 Å². The Morgan fingerprint density at radius 2 is 2.23 bits per heavy atom. The molecule has 3 aliphatic rings. The maximum absolute atomic E-state index is 12.8. The number of aromatic nitrogens is 2. The van der Waals surface area contributed by atoms with Gasteiger partial charge in [-0.15, -0.1) is 6.58 Å². The molecule has 2 aromatic rings. The standard InChI is InChI=1S/C22H26N4O4/c1-3-8-30-9-4-5-19(27)25-13-15-10-17(25)20(15)24-21(28)16-11-23-18-7-6-14(2)12-26(18)22(16)29/h3,6-7,11-12,15,17,20H,1,4-5,8-10,13H2,2H3,(H,24,28)/t15-,17-,20+/m0/s1. The van der Waals surface area contributed by atoms with Crippen LogP contribution in [0.4, 0.5) is 0 Å². The summed E-state index contributed by atoms with van der Waals surface area (Å²) in [4.78, 5) is 44.1. The summed E-state index contributed by atoms with van der Waals surface area (Å²) in [6, 6.07) is 3.50. The van der Waals surface area contributed by atoms with E-state index in [9.17, 15) is 14.4 Å². The first-order chi connectivity index (χ1) is 14.5. The minimum atomic E-state index is -0.435. The second kappa shape index (κ2) is 8.39. The molecule has 1 saturated carbocycles. The predicted molar refractivity (Wildman–Crippen MR) is 111 cm³/mol. The summed E-state index contributed by atoms with van der Waals surface area (Å²) >= 11 is 0. The van der Waals surface area contributed by atoms with E-state index in [1.807, 2.05) is 17.9 Å². The van der Waals surface area contributed by atoms with E-state index < -0.39 is 5.91 Å². The van der Waals surface area contributed by atoms with Crippen molar-refractivity contribution in [3.8, 4) is 0 Å². The molecule has 2 amide bonds. The van der Waals surface area contributed by atoms with Crippen molar-refractivity contribution in [2.45, 2.75) is 38.3 Å². The maximum Gasteiger partial charge on any atom is 0.270 e. The third-order valence-corrected chi connectivity index (χ3v) is 5.93. The van der Waals surface area contributed by atoms with Gasteiger partial charge in [-0.3, -0.25) is 18.8 Å². The van der Waals surface area contributed by atoms with E-state index in [1.165, 1.54) is 10.6 Å². The molecule has 2 saturated heterocycles. The van der Waals surface area contributed by atoms with Crippen LogP contribution in [0.3, 0.4) is 0 Å². The highest BCUT2D eigenvalue weighted by atomic mass is 16.5. The van der Waals surface area contributed by atoms with E-state index in [2.05, 4.69) is 16.9 Å². The first kappa shape index (κ1) is 20.3. The lowest BCUT2D eigenvalue weighted by molar-refractivity contribution is -0.132. The minimum absolute atomic E-state index is 0.000964. The van der Waals surface area contributed by atoms with Gasteiger partial charge in [0.25, 0.3) is 11.5 Å². The van der Waals surface area contributed by atoms with Gasteiger partial charge in [-0.05, 0) is 31.4 Å². The lowest BCUT2D eigenvalue weighted by atomic mass is 9.80. The highest BCUT2D eigenvalue weighted by molar-refractivity contribution is 5.94. The SMILES string of the molecule is C=CCOCCCC(=O)N1C[C@@H]2C[C@H]1[C@@H]2NC(=O)c1cnc2ccc(C)cn2c1=O. The monoisotopic (exact) mass is 410 g/mol. The van der Waals surface area contributed by atoms with Crippen LogP contribution in [0.5, 0.6) is 0 Å². The van der Waals surface area contributed by atoms with E-state index in [4.69, 9.17) is 4.74 Å². The number of nitrogens with zero attached hydrogens (tertiary/aromatic N) is 3. The van der Waals surface area contributed by atoms with Gasteiger partial charge in [0, 0.05) is 37.9 Å². The average molecular weight is 410 g/mol. The number of ether oxygens (including phenoxy) is 1. The van der Waals surface area contributed by atoms with Crippen molar-refractivity contribution in [2.75, 3.05) is 19.8 Å². The van der Waals surface area contributed by atoms with Gasteiger partial charge in [-0.1, -0.05) is 12.1 Å². The van der Waals surface area contributed by atoms with Crippen LogP contribution < -0.4 is 10.9 Å². The fourth-order valence-corrected chi connectivity index (χ4v) is 4.32. The Bertz CT molecular complexity index is 1050. The van der Waals surface area contributed by atoms with Crippen LogP contribution in [0.2, 0.25) is 0 Å². The topological polar surface area (TPSA) is 93.0 Å². The Balaban J connectivity index is 1.38. The zero-order valence-corrected chi connectivity index (χ0v) is 17.0. The molecule has 1 N–H and O–H groups in total. The number of hydrogen-bond donors (Lipinski definition) is 1. The number of amides is 2. The molecular weight excluding hydrogens is 384 g/mol. The summed E-state index contributed by atoms with van der Waals surface area (Å²) in [5.41, 5.74) is 1.03. The summed E-state index contributed by atoms with van der Waals surface area (Å²) in [5.74, 6) is -0.113. The quantitative estimate of drug-likeness (QED) is 0.523. The Hall–Kier alpha value is -3.00. The highest BCUT2D eigenvalue weighted by Gasteiger charge is 2.54. The van der Waals surface area contributed by atoms with Crippen molar-refractivity contribution in [3.63, 3.8) is 0 Å². The lowest BCUT2D eigenvalue weighted by Crippen LogP contribution is -2.55. The summed E-state index contributed by atoms with van der Waals surface area (Å²) in [5, 5.41) is 2.96. The van der Waals surface area contributed by atoms with Crippen molar-refractivity contribution in [1.29, 1.82) is 0 Å². The zero-order valence-electron chi connectivity index (χ0n) is 17.0. The molecule has 0 aromatic carbocycles. The van der Waals surface area contributed by atoms with Gasteiger partial charge in [0.2, 0.25) is 5.91 Å². The van der Waals surface area contributed by atoms with Crippen LogP contribution in [0, 0.1) is 12.8 Å². The van der Waals surface area contributed by atoms with Crippen molar-refractivity contribution < 1.29 is 14.3 Å². The maximum atomic E-state index is 12.8.